The molecular formula is C15H17N5O3. The molecule has 0 saturated carbocycles. The molecule has 1 N–H and O–H groups in total. The van der Waals surface area contributed by atoms with E-state index in [0.717, 1.165) is 18.5 Å². The van der Waals surface area contributed by atoms with Gasteiger partial charge in [0.25, 0.3) is 11.5 Å². The van der Waals surface area contributed by atoms with Crippen molar-refractivity contribution >= 4 is 5.91 Å². The number of nitrogens with one attached hydrogen (secondary N) is 1. The third-order valence-electron chi connectivity index (χ3n) is 3.62. The van der Waals surface area contributed by atoms with Crippen molar-refractivity contribution in [2.24, 2.45) is 0 Å². The summed E-state index contributed by atoms with van der Waals surface area (Å²) >= 11 is 0. The van der Waals surface area contributed by atoms with Crippen LogP contribution in [0.1, 0.15) is 29.0 Å². The van der Waals surface area contributed by atoms with Crippen molar-refractivity contribution in [1.29, 1.82) is 0 Å². The number of hydrogen-bond donors (Lipinski definition) is 1. The monoisotopic (exact) mass is 315 g/mol. The number of H-pyrrole nitrogens is 1. The maximum Gasteiger partial charge on any atom is 0.274 e. The summed E-state index contributed by atoms with van der Waals surface area (Å²) in [6.07, 6.45) is 1.55. The summed E-state index contributed by atoms with van der Waals surface area (Å²) in [4.78, 5) is 25.1. The first-order valence-corrected chi connectivity index (χ1v) is 7.44. The van der Waals surface area contributed by atoms with Crippen LogP contribution in [-0.2, 0) is 0 Å². The second-order valence-electron chi connectivity index (χ2n) is 5.45. The highest BCUT2D eigenvalue weighted by Crippen LogP contribution is 2.17. The number of aromatic amines is 1. The second kappa shape index (κ2) is 6.55. The van der Waals surface area contributed by atoms with Crippen molar-refractivity contribution in [1.82, 2.24) is 25.3 Å². The van der Waals surface area contributed by atoms with Gasteiger partial charge in [-0.3, -0.25) is 9.59 Å². The predicted octanol–water partition coefficient (Wildman–Crippen LogP) is 0.552. The van der Waals surface area contributed by atoms with Crippen LogP contribution in [0, 0.1) is 6.92 Å². The second-order valence-corrected chi connectivity index (χ2v) is 5.45. The molecule has 0 aliphatic carbocycles. The average molecular weight is 315 g/mol. The molecule has 1 atom stereocenters. The van der Waals surface area contributed by atoms with Crippen LogP contribution in [0.15, 0.2) is 29.1 Å². The van der Waals surface area contributed by atoms with Crippen LogP contribution in [0.2, 0.25) is 0 Å². The minimum absolute atomic E-state index is 0.132. The molecule has 0 aromatic carbocycles. The topological polar surface area (TPSA) is 101 Å². The van der Waals surface area contributed by atoms with E-state index in [1.54, 1.807) is 11.0 Å². The molecule has 0 spiro atoms. The first-order valence-electron chi connectivity index (χ1n) is 7.44. The number of likely N-dealkylation sites (tertiary alicyclic amines) is 1. The van der Waals surface area contributed by atoms with Crippen LogP contribution in [-0.4, -0.2) is 50.4 Å². The fourth-order valence-corrected chi connectivity index (χ4v) is 2.46. The third-order valence-corrected chi connectivity index (χ3v) is 3.62. The number of hydrogen-bond acceptors (Lipinski definition) is 6. The van der Waals surface area contributed by atoms with Gasteiger partial charge in [0, 0.05) is 18.7 Å². The van der Waals surface area contributed by atoms with Crippen LogP contribution in [0.3, 0.4) is 0 Å². The third kappa shape index (κ3) is 3.71. The molecule has 1 fully saturated rings. The number of piperidine rings is 1. The van der Waals surface area contributed by atoms with Crippen LogP contribution in [0.4, 0.5) is 0 Å². The molecule has 8 nitrogen and oxygen atoms in total. The van der Waals surface area contributed by atoms with Gasteiger partial charge in [0.2, 0.25) is 5.88 Å². The lowest BCUT2D eigenvalue weighted by Gasteiger charge is -2.32. The highest BCUT2D eigenvalue weighted by molar-refractivity contribution is 5.92. The van der Waals surface area contributed by atoms with E-state index in [0.29, 0.717) is 19.0 Å². The number of ether oxygens (including phenoxy) is 1. The number of carbonyl (C=O) groups is 1. The molecule has 2 aromatic heterocycles. The quantitative estimate of drug-likeness (QED) is 0.887. The van der Waals surface area contributed by atoms with E-state index >= 15 is 0 Å². The number of amides is 1. The smallest absolute Gasteiger partial charge is 0.274 e. The summed E-state index contributed by atoms with van der Waals surface area (Å²) in [5.41, 5.74) is 0.710. The summed E-state index contributed by atoms with van der Waals surface area (Å²) in [5.74, 6) is 0.238. The Hall–Kier alpha value is -2.77. The largest absolute Gasteiger partial charge is 0.471 e. The van der Waals surface area contributed by atoms with Crippen molar-refractivity contribution in [2.75, 3.05) is 13.1 Å². The highest BCUT2D eigenvalue weighted by Gasteiger charge is 2.26. The zero-order valence-corrected chi connectivity index (χ0v) is 12.7. The molecule has 1 amide bonds. The van der Waals surface area contributed by atoms with E-state index in [4.69, 9.17) is 4.74 Å². The number of rotatable bonds is 3. The number of carbonyl (C=O) groups excluding carboxylic acids is 1. The van der Waals surface area contributed by atoms with Gasteiger partial charge in [0.15, 0.2) is 0 Å². The van der Waals surface area contributed by atoms with Crippen molar-refractivity contribution in [3.8, 4) is 5.88 Å². The SMILES string of the molecule is Cc1ccc(O[C@H]2CCCN(C(=O)c3ccc(=O)[nH]n3)C2)nn1. The lowest BCUT2D eigenvalue weighted by molar-refractivity contribution is 0.0519. The van der Waals surface area contributed by atoms with E-state index in [9.17, 15) is 9.59 Å². The maximum atomic E-state index is 12.4. The molecular weight excluding hydrogens is 298 g/mol. The number of aromatic nitrogens is 4. The fourth-order valence-electron chi connectivity index (χ4n) is 2.46. The molecule has 23 heavy (non-hydrogen) atoms. The molecule has 120 valence electrons. The van der Waals surface area contributed by atoms with Gasteiger partial charge < -0.3 is 9.64 Å². The molecule has 0 bridgehead atoms. The van der Waals surface area contributed by atoms with Crippen molar-refractivity contribution in [3.05, 3.63) is 46.0 Å². The Morgan fingerprint density at radius 1 is 1.30 bits per heavy atom. The summed E-state index contributed by atoms with van der Waals surface area (Å²) in [6, 6.07) is 6.32. The van der Waals surface area contributed by atoms with Crippen LogP contribution in [0.25, 0.3) is 0 Å². The van der Waals surface area contributed by atoms with Gasteiger partial charge in [-0.15, -0.1) is 5.10 Å². The molecule has 1 saturated heterocycles. The Morgan fingerprint density at radius 2 is 2.17 bits per heavy atom. The van der Waals surface area contributed by atoms with Gasteiger partial charge >= 0.3 is 0 Å². The summed E-state index contributed by atoms with van der Waals surface area (Å²) in [7, 11) is 0. The standard InChI is InChI=1S/C15H17N5O3/c1-10-4-7-14(19-16-10)23-11-3-2-8-20(9-11)15(22)12-5-6-13(21)18-17-12/h4-7,11H,2-3,8-9H2,1H3,(H,18,21)/t11-/m0/s1. The molecule has 3 heterocycles. The van der Waals surface area contributed by atoms with Crippen LogP contribution in [0.5, 0.6) is 5.88 Å². The van der Waals surface area contributed by atoms with Gasteiger partial charge in [-0.25, -0.2) is 5.10 Å². The molecule has 1 aliphatic rings. The Kier molecular flexibility index (Phi) is 4.31. The first-order chi connectivity index (χ1) is 11.1. The number of aryl methyl sites for hydroxylation is 1. The molecule has 3 rings (SSSR count). The Bertz CT molecular complexity index is 723. The van der Waals surface area contributed by atoms with Crippen molar-refractivity contribution < 1.29 is 9.53 Å². The molecule has 0 radical (unpaired) electrons. The summed E-state index contributed by atoms with van der Waals surface area (Å²) in [6.45, 7) is 2.95. The van der Waals surface area contributed by atoms with Crippen LogP contribution >= 0.6 is 0 Å². The van der Waals surface area contributed by atoms with E-state index < -0.39 is 0 Å². The van der Waals surface area contributed by atoms with E-state index in [-0.39, 0.29) is 23.3 Å². The van der Waals surface area contributed by atoms with Gasteiger partial charge in [0.1, 0.15) is 11.8 Å². The minimum Gasteiger partial charge on any atom is -0.471 e. The van der Waals surface area contributed by atoms with E-state index in [2.05, 4.69) is 20.4 Å². The molecule has 8 heteroatoms. The fraction of sp³-hybridized carbons (Fsp3) is 0.400. The van der Waals surface area contributed by atoms with E-state index in [1.807, 2.05) is 13.0 Å². The van der Waals surface area contributed by atoms with Crippen molar-refractivity contribution in [3.63, 3.8) is 0 Å². The zero-order chi connectivity index (χ0) is 16.2. The molecule has 2 aromatic rings. The van der Waals surface area contributed by atoms with E-state index in [1.165, 1.54) is 12.1 Å². The first kappa shape index (κ1) is 15.1. The average Bonchev–Trinajstić information content (AvgIpc) is 2.57. The maximum absolute atomic E-state index is 12.4. The number of nitrogens with zero attached hydrogens (tertiary/aromatic N) is 4. The predicted molar refractivity (Wildman–Crippen MR) is 81.2 cm³/mol. The van der Waals surface area contributed by atoms with Crippen LogP contribution < -0.4 is 10.3 Å². The lowest BCUT2D eigenvalue weighted by atomic mass is 10.1. The zero-order valence-electron chi connectivity index (χ0n) is 12.7. The summed E-state index contributed by atoms with van der Waals surface area (Å²) in [5, 5.41) is 14.0. The molecule has 0 unspecified atom stereocenters. The lowest BCUT2D eigenvalue weighted by Crippen LogP contribution is -2.44. The Balaban J connectivity index is 1.65. The Labute approximate surface area is 132 Å². The van der Waals surface area contributed by atoms with Gasteiger partial charge in [-0.2, -0.15) is 10.2 Å². The van der Waals surface area contributed by atoms with Gasteiger partial charge in [-0.1, -0.05) is 0 Å². The highest BCUT2D eigenvalue weighted by atomic mass is 16.5. The van der Waals surface area contributed by atoms with Gasteiger partial charge in [-0.05, 0) is 31.9 Å². The molecule has 1 aliphatic heterocycles. The normalized spacial score (nSPS) is 17.8. The minimum atomic E-state index is -0.334. The van der Waals surface area contributed by atoms with Gasteiger partial charge in [0.05, 0.1) is 12.2 Å². The Morgan fingerprint density at radius 3 is 2.87 bits per heavy atom. The van der Waals surface area contributed by atoms with Crippen molar-refractivity contribution in [2.45, 2.75) is 25.9 Å². The summed E-state index contributed by atoms with van der Waals surface area (Å²) < 4.78 is 5.80.